The van der Waals surface area contributed by atoms with Gasteiger partial charge in [-0.15, -0.1) is 22.7 Å². The highest BCUT2D eigenvalue weighted by atomic mass is 32.1. The number of amides is 1. The average molecular weight is 295 g/mol. The zero-order valence-corrected chi connectivity index (χ0v) is 11.8. The second kappa shape index (κ2) is 4.94. The summed E-state index contributed by atoms with van der Waals surface area (Å²) in [7, 11) is 0. The van der Waals surface area contributed by atoms with Crippen LogP contribution in [0.5, 0.6) is 0 Å². The molecule has 19 heavy (non-hydrogen) atoms. The number of carbonyl (C=O) groups is 2. The second-order valence-corrected chi connectivity index (χ2v) is 6.68. The van der Waals surface area contributed by atoms with Crippen molar-refractivity contribution in [2.24, 2.45) is 0 Å². The summed E-state index contributed by atoms with van der Waals surface area (Å²) < 4.78 is 2.25. The highest BCUT2D eigenvalue weighted by molar-refractivity contribution is 7.27. The highest BCUT2D eigenvalue weighted by Crippen LogP contribution is 2.32. The molecule has 0 aliphatic carbocycles. The molecular weight excluding hydrogens is 282 g/mol. The molecule has 100 valence electrons. The van der Waals surface area contributed by atoms with E-state index >= 15 is 0 Å². The lowest BCUT2D eigenvalue weighted by Crippen LogP contribution is -2.36. The van der Waals surface area contributed by atoms with Crippen molar-refractivity contribution in [3.8, 4) is 0 Å². The first-order chi connectivity index (χ1) is 9.15. The first kappa shape index (κ1) is 12.6. The number of carbonyl (C=O) groups excluding carboxylic acids is 1. The van der Waals surface area contributed by atoms with Gasteiger partial charge in [0.05, 0.1) is 11.3 Å². The van der Waals surface area contributed by atoms with Crippen molar-refractivity contribution >= 4 is 43.9 Å². The Labute approximate surface area is 118 Å². The summed E-state index contributed by atoms with van der Waals surface area (Å²) in [4.78, 5) is 25.7. The molecule has 1 atom stereocenters. The van der Waals surface area contributed by atoms with Crippen LogP contribution in [0.3, 0.4) is 0 Å². The summed E-state index contributed by atoms with van der Waals surface area (Å²) in [6, 6.07) is 3.79. The van der Waals surface area contributed by atoms with Gasteiger partial charge in [0.2, 0.25) is 0 Å². The SMILES string of the molecule is O=C(O)CC1CCCN1C(=O)c1cc2sccc2s1. The molecule has 0 radical (unpaired) electrons. The Hall–Kier alpha value is -1.40. The number of hydrogen-bond donors (Lipinski definition) is 1. The van der Waals surface area contributed by atoms with Crippen LogP contribution in [-0.2, 0) is 4.79 Å². The van der Waals surface area contributed by atoms with Crippen LogP contribution < -0.4 is 0 Å². The number of likely N-dealkylation sites (tertiary alicyclic amines) is 1. The number of fused-ring (bicyclic) bond motifs is 1. The fourth-order valence-electron chi connectivity index (χ4n) is 2.53. The van der Waals surface area contributed by atoms with E-state index in [0.717, 1.165) is 27.1 Å². The maximum atomic E-state index is 12.5. The average Bonchev–Trinajstić information content (AvgIpc) is 2.99. The van der Waals surface area contributed by atoms with Gasteiger partial charge in [-0.2, -0.15) is 0 Å². The maximum absolute atomic E-state index is 12.5. The van der Waals surface area contributed by atoms with Gasteiger partial charge in [0.1, 0.15) is 0 Å². The smallest absolute Gasteiger partial charge is 0.305 e. The first-order valence-electron chi connectivity index (χ1n) is 6.15. The number of thiophene rings is 2. The molecule has 1 fully saturated rings. The van der Waals surface area contributed by atoms with Crippen LogP contribution in [0, 0.1) is 0 Å². The van der Waals surface area contributed by atoms with Gasteiger partial charge < -0.3 is 10.0 Å². The molecule has 1 aliphatic heterocycles. The van der Waals surface area contributed by atoms with E-state index in [4.69, 9.17) is 5.11 Å². The van der Waals surface area contributed by atoms with Crippen LogP contribution in [0.1, 0.15) is 28.9 Å². The number of hydrogen-bond acceptors (Lipinski definition) is 4. The van der Waals surface area contributed by atoms with Crippen LogP contribution in [0.25, 0.3) is 9.40 Å². The van der Waals surface area contributed by atoms with Crippen molar-refractivity contribution in [2.45, 2.75) is 25.3 Å². The molecule has 3 heterocycles. The molecular formula is C13H13NO3S2. The van der Waals surface area contributed by atoms with Gasteiger partial charge in [-0.25, -0.2) is 0 Å². The van der Waals surface area contributed by atoms with E-state index in [1.165, 1.54) is 11.3 Å². The predicted molar refractivity (Wildman–Crippen MR) is 76.0 cm³/mol. The van der Waals surface area contributed by atoms with E-state index in [1.807, 2.05) is 17.5 Å². The van der Waals surface area contributed by atoms with E-state index in [2.05, 4.69) is 0 Å². The lowest BCUT2D eigenvalue weighted by atomic mass is 10.1. The van der Waals surface area contributed by atoms with Crippen molar-refractivity contribution in [3.05, 3.63) is 22.4 Å². The van der Waals surface area contributed by atoms with Crippen LogP contribution in [0.15, 0.2) is 17.5 Å². The summed E-state index contributed by atoms with van der Waals surface area (Å²) in [5, 5.41) is 10.9. The Morgan fingerprint density at radius 1 is 1.42 bits per heavy atom. The first-order valence-corrected chi connectivity index (χ1v) is 7.84. The van der Waals surface area contributed by atoms with E-state index in [1.54, 1.807) is 16.2 Å². The number of carboxylic acid groups (broad SMARTS) is 1. The van der Waals surface area contributed by atoms with E-state index < -0.39 is 5.97 Å². The fraction of sp³-hybridized carbons (Fsp3) is 0.385. The van der Waals surface area contributed by atoms with Crippen LogP contribution in [-0.4, -0.2) is 34.5 Å². The Kier molecular flexibility index (Phi) is 3.28. The predicted octanol–water partition coefficient (Wildman–Crippen LogP) is 3.04. The standard InChI is InChI=1S/C13H13NO3S2/c15-12(16)6-8-2-1-4-14(8)13(17)11-7-10-9(19-11)3-5-18-10/h3,5,7-8H,1-2,4,6H2,(H,15,16). The monoisotopic (exact) mass is 295 g/mol. The summed E-state index contributed by atoms with van der Waals surface area (Å²) in [6.07, 6.45) is 1.73. The minimum atomic E-state index is -0.836. The zero-order valence-electron chi connectivity index (χ0n) is 10.2. The molecule has 0 spiro atoms. The number of nitrogens with zero attached hydrogens (tertiary/aromatic N) is 1. The minimum absolute atomic E-state index is 0.0165. The molecule has 1 unspecified atom stereocenters. The van der Waals surface area contributed by atoms with Crippen molar-refractivity contribution < 1.29 is 14.7 Å². The topological polar surface area (TPSA) is 57.6 Å². The Balaban J connectivity index is 1.82. The van der Waals surface area contributed by atoms with Gasteiger partial charge in [-0.05, 0) is 30.4 Å². The van der Waals surface area contributed by atoms with E-state index in [-0.39, 0.29) is 18.4 Å². The Morgan fingerprint density at radius 2 is 2.26 bits per heavy atom. The van der Waals surface area contributed by atoms with Gasteiger partial charge in [0, 0.05) is 22.0 Å². The van der Waals surface area contributed by atoms with Gasteiger partial charge in [-0.1, -0.05) is 0 Å². The molecule has 0 bridgehead atoms. The van der Waals surface area contributed by atoms with Crippen molar-refractivity contribution in [2.75, 3.05) is 6.54 Å². The molecule has 3 rings (SSSR count). The molecule has 1 aliphatic rings. The number of carboxylic acids is 1. The zero-order chi connectivity index (χ0) is 13.4. The van der Waals surface area contributed by atoms with Crippen molar-refractivity contribution in [1.29, 1.82) is 0 Å². The normalized spacial score (nSPS) is 19.2. The van der Waals surface area contributed by atoms with E-state index in [9.17, 15) is 9.59 Å². The number of aliphatic carboxylic acids is 1. The Morgan fingerprint density at radius 3 is 3.00 bits per heavy atom. The van der Waals surface area contributed by atoms with Gasteiger partial charge in [0.25, 0.3) is 5.91 Å². The molecule has 0 saturated carbocycles. The lowest BCUT2D eigenvalue weighted by molar-refractivity contribution is -0.137. The molecule has 1 N–H and O–H groups in total. The largest absolute Gasteiger partial charge is 0.481 e. The van der Waals surface area contributed by atoms with Crippen molar-refractivity contribution in [3.63, 3.8) is 0 Å². The van der Waals surface area contributed by atoms with Crippen LogP contribution >= 0.6 is 22.7 Å². The summed E-state index contributed by atoms with van der Waals surface area (Å²) in [5.74, 6) is -0.853. The third kappa shape index (κ3) is 2.37. The molecule has 1 amide bonds. The van der Waals surface area contributed by atoms with Crippen LogP contribution in [0.4, 0.5) is 0 Å². The molecule has 0 aromatic carbocycles. The maximum Gasteiger partial charge on any atom is 0.305 e. The van der Waals surface area contributed by atoms with Gasteiger partial charge >= 0.3 is 5.97 Å². The van der Waals surface area contributed by atoms with Gasteiger partial charge in [0.15, 0.2) is 0 Å². The second-order valence-electron chi connectivity index (χ2n) is 4.65. The molecule has 1 saturated heterocycles. The molecule has 2 aromatic heterocycles. The van der Waals surface area contributed by atoms with Crippen LogP contribution in [0.2, 0.25) is 0 Å². The van der Waals surface area contributed by atoms with E-state index in [0.29, 0.717) is 6.54 Å². The third-order valence-corrected chi connectivity index (χ3v) is 5.48. The highest BCUT2D eigenvalue weighted by Gasteiger charge is 2.31. The van der Waals surface area contributed by atoms with Crippen molar-refractivity contribution in [1.82, 2.24) is 4.90 Å². The Bertz CT molecular complexity index is 602. The summed E-state index contributed by atoms with van der Waals surface area (Å²) in [5.41, 5.74) is 0. The molecule has 4 nitrogen and oxygen atoms in total. The fourth-order valence-corrected chi connectivity index (χ4v) is 4.59. The third-order valence-electron chi connectivity index (χ3n) is 3.40. The molecule has 2 aromatic rings. The lowest BCUT2D eigenvalue weighted by Gasteiger charge is -2.22. The summed E-state index contributed by atoms with van der Waals surface area (Å²) >= 11 is 3.12. The number of rotatable bonds is 3. The molecule has 6 heteroatoms. The minimum Gasteiger partial charge on any atom is -0.481 e. The van der Waals surface area contributed by atoms with Gasteiger partial charge in [-0.3, -0.25) is 9.59 Å². The quantitative estimate of drug-likeness (QED) is 0.947. The summed E-state index contributed by atoms with van der Waals surface area (Å²) in [6.45, 7) is 0.669.